The highest BCUT2D eigenvalue weighted by Crippen LogP contribution is 2.27. The van der Waals surface area contributed by atoms with Crippen molar-refractivity contribution in [1.29, 1.82) is 0 Å². The van der Waals surface area contributed by atoms with Gasteiger partial charge in [0.2, 0.25) is 11.8 Å². The van der Waals surface area contributed by atoms with Crippen LogP contribution in [0, 0.1) is 0 Å². The average molecular weight is 614 g/mol. The number of rotatable bonds is 15. The predicted molar refractivity (Wildman–Crippen MR) is 173 cm³/mol. The van der Waals surface area contributed by atoms with Crippen LogP contribution >= 0.6 is 0 Å². The summed E-state index contributed by atoms with van der Waals surface area (Å²) in [4.78, 5) is 29.6. The number of ether oxygens (including phenoxy) is 1. The summed E-state index contributed by atoms with van der Waals surface area (Å²) < 4.78 is 34.7. The van der Waals surface area contributed by atoms with E-state index in [1.54, 1.807) is 42.5 Å². The lowest BCUT2D eigenvalue weighted by molar-refractivity contribution is -0.140. The van der Waals surface area contributed by atoms with Crippen LogP contribution in [-0.4, -0.2) is 50.9 Å². The second-order valence-electron chi connectivity index (χ2n) is 10.3. The Balaban J connectivity index is 1.77. The molecule has 0 aromatic heterocycles. The molecule has 4 aromatic carbocycles. The molecule has 0 aliphatic heterocycles. The summed E-state index contributed by atoms with van der Waals surface area (Å²) in [5.41, 5.74) is 2.01. The summed E-state index contributed by atoms with van der Waals surface area (Å²) in [7, 11) is -4.16. The van der Waals surface area contributed by atoms with Gasteiger partial charge in [-0.3, -0.25) is 13.9 Å². The number of nitrogens with zero attached hydrogens (tertiary/aromatic N) is 2. The molecule has 1 N–H and O–H groups in total. The van der Waals surface area contributed by atoms with Crippen molar-refractivity contribution < 1.29 is 22.7 Å². The zero-order chi connectivity index (χ0) is 31.4. The molecule has 9 heteroatoms. The topological polar surface area (TPSA) is 96.0 Å². The van der Waals surface area contributed by atoms with Crippen molar-refractivity contribution in [2.75, 3.05) is 24.0 Å². The molecule has 4 rings (SSSR count). The van der Waals surface area contributed by atoms with Gasteiger partial charge in [0.15, 0.2) is 0 Å². The average Bonchev–Trinajstić information content (AvgIpc) is 3.06. The van der Waals surface area contributed by atoms with Gasteiger partial charge in [-0.15, -0.1) is 0 Å². The van der Waals surface area contributed by atoms with Crippen LogP contribution in [0.15, 0.2) is 120 Å². The van der Waals surface area contributed by atoms with E-state index >= 15 is 0 Å². The molecule has 2 amide bonds. The van der Waals surface area contributed by atoms with Crippen LogP contribution in [0.5, 0.6) is 5.75 Å². The van der Waals surface area contributed by atoms with E-state index in [-0.39, 0.29) is 23.8 Å². The highest BCUT2D eigenvalue weighted by Gasteiger charge is 2.34. The highest BCUT2D eigenvalue weighted by atomic mass is 32.2. The number of anilines is 1. The maximum absolute atomic E-state index is 14.4. The summed E-state index contributed by atoms with van der Waals surface area (Å²) in [5.74, 6) is -0.214. The molecule has 8 nitrogen and oxygen atoms in total. The molecular weight excluding hydrogens is 574 g/mol. The second-order valence-corrected chi connectivity index (χ2v) is 12.1. The number of hydrogen-bond donors (Lipinski definition) is 1. The van der Waals surface area contributed by atoms with Crippen LogP contribution < -0.4 is 14.4 Å². The lowest BCUT2D eigenvalue weighted by Crippen LogP contribution is -2.53. The van der Waals surface area contributed by atoms with Gasteiger partial charge in [-0.1, -0.05) is 85.8 Å². The summed E-state index contributed by atoms with van der Waals surface area (Å²) in [6.07, 6.45) is 1.00. The highest BCUT2D eigenvalue weighted by molar-refractivity contribution is 7.92. The Kier molecular flexibility index (Phi) is 11.5. The van der Waals surface area contributed by atoms with Crippen LogP contribution in [0.3, 0.4) is 0 Å². The van der Waals surface area contributed by atoms with E-state index in [9.17, 15) is 18.0 Å². The Hall–Kier alpha value is -4.63. The second kappa shape index (κ2) is 15.7. The number of hydrogen-bond acceptors (Lipinski definition) is 5. The van der Waals surface area contributed by atoms with Crippen LogP contribution in [0.1, 0.15) is 31.4 Å². The molecule has 0 fully saturated rings. The monoisotopic (exact) mass is 613 g/mol. The first-order chi connectivity index (χ1) is 21.3. The molecule has 0 unspecified atom stereocenters. The Morgan fingerprint density at radius 1 is 0.773 bits per heavy atom. The fourth-order valence-electron chi connectivity index (χ4n) is 4.82. The van der Waals surface area contributed by atoms with Crippen LogP contribution in [0.4, 0.5) is 5.69 Å². The van der Waals surface area contributed by atoms with Gasteiger partial charge in [-0.25, -0.2) is 8.42 Å². The van der Waals surface area contributed by atoms with Crippen molar-refractivity contribution in [1.82, 2.24) is 10.2 Å². The molecule has 1 atom stereocenters. The first-order valence-corrected chi connectivity index (χ1v) is 16.2. The largest absolute Gasteiger partial charge is 0.494 e. The van der Waals surface area contributed by atoms with E-state index < -0.39 is 28.5 Å². The quantitative estimate of drug-likeness (QED) is 0.193. The zero-order valence-electron chi connectivity index (χ0n) is 25.1. The third kappa shape index (κ3) is 8.48. The minimum absolute atomic E-state index is 0.0535. The van der Waals surface area contributed by atoms with E-state index in [4.69, 9.17) is 4.74 Å². The van der Waals surface area contributed by atoms with Gasteiger partial charge in [0.05, 0.1) is 17.2 Å². The van der Waals surface area contributed by atoms with Crippen molar-refractivity contribution >= 4 is 27.5 Å². The van der Waals surface area contributed by atoms with Gasteiger partial charge >= 0.3 is 0 Å². The number of amides is 2. The summed E-state index contributed by atoms with van der Waals surface area (Å²) in [6, 6.07) is 32.6. The van der Waals surface area contributed by atoms with Gasteiger partial charge < -0.3 is 15.0 Å². The van der Waals surface area contributed by atoms with E-state index in [1.807, 2.05) is 74.5 Å². The molecule has 0 bridgehead atoms. The van der Waals surface area contributed by atoms with Crippen molar-refractivity contribution in [3.05, 3.63) is 126 Å². The minimum atomic E-state index is -4.16. The van der Waals surface area contributed by atoms with E-state index in [2.05, 4.69) is 5.32 Å². The number of nitrogens with one attached hydrogen (secondary N) is 1. The fourth-order valence-corrected chi connectivity index (χ4v) is 6.26. The number of carbonyl (C=O) groups is 2. The molecule has 0 saturated carbocycles. The SMILES string of the molecule is CCCNC(=O)[C@@H](Cc1ccccc1)N(Cc1ccccc1)C(=O)CN(c1ccc(OCC)cc1)S(=O)(=O)c1ccccc1. The van der Waals surface area contributed by atoms with Crippen molar-refractivity contribution in [2.45, 2.75) is 44.2 Å². The smallest absolute Gasteiger partial charge is 0.264 e. The van der Waals surface area contributed by atoms with Gasteiger partial charge in [-0.05, 0) is 60.9 Å². The molecular formula is C35H39N3O5S. The first-order valence-electron chi connectivity index (χ1n) is 14.8. The van der Waals surface area contributed by atoms with Gasteiger partial charge in [0.25, 0.3) is 10.0 Å². The first kappa shape index (κ1) is 32.3. The van der Waals surface area contributed by atoms with Crippen molar-refractivity contribution in [3.63, 3.8) is 0 Å². The zero-order valence-corrected chi connectivity index (χ0v) is 26.0. The molecule has 0 aliphatic carbocycles. The van der Waals surface area contributed by atoms with Gasteiger partial charge in [-0.2, -0.15) is 0 Å². The maximum atomic E-state index is 14.4. The maximum Gasteiger partial charge on any atom is 0.264 e. The van der Waals surface area contributed by atoms with E-state index in [0.717, 1.165) is 21.9 Å². The molecule has 0 spiro atoms. The van der Waals surface area contributed by atoms with Crippen LogP contribution in [0.2, 0.25) is 0 Å². The third-order valence-corrected chi connectivity index (χ3v) is 8.85. The molecule has 4 aromatic rings. The normalized spacial score (nSPS) is 11.8. The molecule has 0 saturated heterocycles. The fraction of sp³-hybridized carbons (Fsp3) is 0.257. The van der Waals surface area contributed by atoms with E-state index in [1.165, 1.54) is 17.0 Å². The molecule has 0 radical (unpaired) electrons. The van der Waals surface area contributed by atoms with Crippen LogP contribution in [0.25, 0.3) is 0 Å². The molecule has 0 heterocycles. The predicted octanol–water partition coefficient (Wildman–Crippen LogP) is 5.45. The van der Waals surface area contributed by atoms with Crippen molar-refractivity contribution in [2.24, 2.45) is 0 Å². The molecule has 44 heavy (non-hydrogen) atoms. The molecule has 0 aliphatic rings. The lowest BCUT2D eigenvalue weighted by atomic mass is 10.0. The molecule has 230 valence electrons. The standard InChI is InChI=1S/C35H39N3O5S/c1-3-24-36-35(40)33(25-28-14-8-5-9-15-28)37(26-29-16-10-6-11-17-29)34(39)27-38(30-20-22-31(23-21-30)43-4-2)44(41,42)32-18-12-7-13-19-32/h5-23,33H,3-4,24-27H2,1-2H3,(H,36,40)/t33-/m1/s1. The Labute approximate surface area is 260 Å². The third-order valence-electron chi connectivity index (χ3n) is 7.06. The van der Waals surface area contributed by atoms with Gasteiger partial charge in [0, 0.05) is 19.5 Å². The number of sulfonamides is 1. The Bertz CT molecular complexity index is 1580. The summed E-state index contributed by atoms with van der Waals surface area (Å²) in [5, 5.41) is 2.95. The Morgan fingerprint density at radius 2 is 1.34 bits per heavy atom. The van der Waals surface area contributed by atoms with Gasteiger partial charge in [0.1, 0.15) is 18.3 Å². The minimum Gasteiger partial charge on any atom is -0.494 e. The lowest BCUT2D eigenvalue weighted by Gasteiger charge is -2.34. The summed E-state index contributed by atoms with van der Waals surface area (Å²) >= 11 is 0. The van der Waals surface area contributed by atoms with Crippen LogP contribution in [-0.2, 0) is 32.6 Å². The number of benzene rings is 4. The van der Waals surface area contributed by atoms with Crippen molar-refractivity contribution in [3.8, 4) is 5.75 Å². The Morgan fingerprint density at radius 3 is 1.91 bits per heavy atom. The summed E-state index contributed by atoms with van der Waals surface area (Å²) in [6.45, 7) is 4.36. The van der Waals surface area contributed by atoms with E-state index in [0.29, 0.717) is 24.6 Å². The number of carbonyl (C=O) groups excluding carboxylic acids is 2.